The van der Waals surface area contributed by atoms with Crippen LogP contribution in [0.3, 0.4) is 0 Å². The van der Waals surface area contributed by atoms with Crippen LogP contribution in [0.5, 0.6) is 0 Å². The summed E-state index contributed by atoms with van der Waals surface area (Å²) in [7, 11) is 0. The van der Waals surface area contributed by atoms with E-state index >= 15 is 0 Å². The van der Waals surface area contributed by atoms with E-state index in [1.165, 1.54) is 6.92 Å². The molecule has 0 amide bonds. The molecule has 0 aliphatic rings. The molecule has 24 heavy (non-hydrogen) atoms. The molecule has 1 aromatic heterocycles. The minimum Gasteiger partial charge on any atom is -0.294 e. The molecule has 1 heterocycles. The van der Waals surface area contributed by atoms with Crippen LogP contribution in [0, 0.1) is 6.92 Å². The Morgan fingerprint density at radius 1 is 0.958 bits per heavy atom. The number of hydrogen-bond acceptors (Lipinski definition) is 2. The third-order valence-electron chi connectivity index (χ3n) is 4.23. The Morgan fingerprint density at radius 3 is 2.12 bits per heavy atom. The molecule has 0 fully saturated rings. The van der Waals surface area contributed by atoms with Crippen LogP contribution in [0.4, 0.5) is 0 Å². The van der Waals surface area contributed by atoms with Gasteiger partial charge in [0.05, 0.1) is 0 Å². The average Bonchev–Trinajstić information content (AvgIpc) is 2.60. The first-order valence-electron chi connectivity index (χ1n) is 7.93. The molecule has 3 aromatic rings. The highest BCUT2D eigenvalue weighted by molar-refractivity contribution is 5.95. The number of hydrogen-bond donors (Lipinski definition) is 0. The monoisotopic (exact) mass is 317 g/mol. The molecule has 0 spiro atoms. The fourth-order valence-corrected chi connectivity index (χ4v) is 2.90. The summed E-state index contributed by atoms with van der Waals surface area (Å²) in [6.07, 6.45) is 2.17. The van der Waals surface area contributed by atoms with Gasteiger partial charge in [0.15, 0.2) is 5.78 Å². The van der Waals surface area contributed by atoms with Gasteiger partial charge in [-0.2, -0.15) is 0 Å². The van der Waals surface area contributed by atoms with Crippen molar-refractivity contribution in [1.29, 1.82) is 0 Å². The molecule has 2 aromatic carbocycles. The first kappa shape index (κ1) is 15.9. The molecule has 3 rings (SSSR count). The lowest BCUT2D eigenvalue weighted by molar-refractivity contribution is 0.101. The van der Waals surface area contributed by atoms with Crippen molar-refractivity contribution < 1.29 is 4.79 Å². The third-order valence-corrected chi connectivity index (χ3v) is 4.23. The molecular formula is C21H19NO2. The lowest BCUT2D eigenvalue weighted by atomic mass is 9.97. The number of para-hydroxylation sites is 1. The number of rotatable bonds is 4. The molecule has 0 atom stereocenters. The maximum absolute atomic E-state index is 13.0. The van der Waals surface area contributed by atoms with E-state index in [0.29, 0.717) is 17.5 Å². The second-order valence-corrected chi connectivity index (χ2v) is 5.88. The van der Waals surface area contributed by atoms with E-state index in [2.05, 4.69) is 0 Å². The molecule has 0 saturated carbocycles. The number of aromatic nitrogens is 1. The van der Waals surface area contributed by atoms with Crippen molar-refractivity contribution >= 4 is 5.78 Å². The van der Waals surface area contributed by atoms with Gasteiger partial charge in [0.25, 0.3) is 5.56 Å². The molecule has 0 bridgehead atoms. The van der Waals surface area contributed by atoms with Crippen molar-refractivity contribution in [2.45, 2.75) is 20.3 Å². The summed E-state index contributed by atoms with van der Waals surface area (Å²) in [5, 5.41) is 0. The number of pyridine rings is 1. The maximum atomic E-state index is 13.0. The second-order valence-electron chi connectivity index (χ2n) is 5.88. The average molecular weight is 317 g/mol. The van der Waals surface area contributed by atoms with Crippen molar-refractivity contribution in [1.82, 2.24) is 4.57 Å². The predicted octanol–water partition coefficient (Wildman–Crippen LogP) is 3.94. The lowest BCUT2D eigenvalue weighted by Gasteiger charge is -2.14. The molecule has 0 radical (unpaired) electrons. The van der Waals surface area contributed by atoms with Gasteiger partial charge in [-0.15, -0.1) is 0 Å². The molecule has 0 unspecified atom stereocenters. The van der Waals surface area contributed by atoms with Crippen LogP contribution in [0.2, 0.25) is 0 Å². The number of Topliss-reactive ketones (excluding diaryl/α,β-unsaturated/α-hetero) is 1. The molecule has 3 nitrogen and oxygen atoms in total. The van der Waals surface area contributed by atoms with Gasteiger partial charge in [-0.05, 0) is 37.1 Å². The van der Waals surface area contributed by atoms with Crippen molar-refractivity contribution in [3.63, 3.8) is 0 Å². The number of benzene rings is 2. The number of carbonyl (C=O) groups excluding carboxylic acids is 1. The van der Waals surface area contributed by atoms with Gasteiger partial charge in [0.1, 0.15) is 0 Å². The smallest absolute Gasteiger partial charge is 0.258 e. The molecule has 0 aliphatic heterocycles. The van der Waals surface area contributed by atoms with E-state index in [9.17, 15) is 9.59 Å². The number of carbonyl (C=O) groups is 1. The van der Waals surface area contributed by atoms with Crippen LogP contribution in [-0.2, 0) is 6.42 Å². The summed E-state index contributed by atoms with van der Waals surface area (Å²) in [6, 6.07) is 19.2. The Morgan fingerprint density at radius 2 is 1.54 bits per heavy atom. The Hall–Kier alpha value is -2.94. The standard InChI is InChI=1S/C21H19NO2/c1-15-19(13-17-9-5-3-6-10-17)21(24)22(14-20(15)16(2)23)18-11-7-4-8-12-18/h3-12,14H,13H2,1-2H3. The van der Waals surface area contributed by atoms with E-state index in [4.69, 9.17) is 0 Å². The fraction of sp³-hybridized carbons (Fsp3) is 0.143. The normalized spacial score (nSPS) is 10.6. The molecule has 0 saturated heterocycles. The Labute approximate surface area is 141 Å². The van der Waals surface area contributed by atoms with Crippen LogP contribution in [0.1, 0.15) is 34.0 Å². The first-order valence-corrected chi connectivity index (χ1v) is 7.93. The maximum Gasteiger partial charge on any atom is 0.258 e. The minimum atomic E-state index is -0.0763. The molecule has 120 valence electrons. The zero-order chi connectivity index (χ0) is 17.1. The van der Waals surface area contributed by atoms with E-state index in [-0.39, 0.29) is 11.3 Å². The fourth-order valence-electron chi connectivity index (χ4n) is 2.90. The third kappa shape index (κ3) is 3.06. The largest absolute Gasteiger partial charge is 0.294 e. The Bertz CT molecular complexity index is 925. The summed E-state index contributed by atoms with van der Waals surface area (Å²) in [6.45, 7) is 3.39. The van der Waals surface area contributed by atoms with Crippen molar-refractivity contribution in [2.75, 3.05) is 0 Å². The van der Waals surface area contributed by atoms with Crippen molar-refractivity contribution in [3.8, 4) is 5.69 Å². The highest BCUT2D eigenvalue weighted by atomic mass is 16.1. The summed E-state index contributed by atoms with van der Waals surface area (Å²) in [5.41, 5.74) is 3.76. The van der Waals surface area contributed by atoms with Crippen LogP contribution in [0.15, 0.2) is 71.7 Å². The van der Waals surface area contributed by atoms with Gasteiger partial charge in [-0.1, -0.05) is 48.5 Å². The van der Waals surface area contributed by atoms with Crippen LogP contribution in [0.25, 0.3) is 5.69 Å². The highest BCUT2D eigenvalue weighted by Crippen LogP contribution is 2.17. The quantitative estimate of drug-likeness (QED) is 0.684. The summed E-state index contributed by atoms with van der Waals surface area (Å²) in [4.78, 5) is 25.1. The lowest BCUT2D eigenvalue weighted by Crippen LogP contribution is -2.25. The first-order chi connectivity index (χ1) is 11.6. The highest BCUT2D eigenvalue weighted by Gasteiger charge is 2.16. The van der Waals surface area contributed by atoms with Gasteiger partial charge < -0.3 is 0 Å². The molecule has 0 aliphatic carbocycles. The Kier molecular flexibility index (Phi) is 4.43. The topological polar surface area (TPSA) is 39.1 Å². The second kappa shape index (κ2) is 6.67. The van der Waals surface area contributed by atoms with E-state index < -0.39 is 0 Å². The minimum absolute atomic E-state index is 0.0357. The van der Waals surface area contributed by atoms with Crippen molar-refractivity contribution in [2.24, 2.45) is 0 Å². The summed E-state index contributed by atoms with van der Waals surface area (Å²) >= 11 is 0. The van der Waals surface area contributed by atoms with Crippen LogP contribution < -0.4 is 5.56 Å². The van der Waals surface area contributed by atoms with Gasteiger partial charge in [0, 0.05) is 29.4 Å². The van der Waals surface area contributed by atoms with Gasteiger partial charge >= 0.3 is 0 Å². The van der Waals surface area contributed by atoms with E-state index in [0.717, 1.165) is 16.8 Å². The summed E-state index contributed by atoms with van der Waals surface area (Å²) in [5.74, 6) is -0.0357. The van der Waals surface area contributed by atoms with Gasteiger partial charge in [-0.3, -0.25) is 14.2 Å². The zero-order valence-electron chi connectivity index (χ0n) is 13.8. The molecule has 0 N–H and O–H groups in total. The van der Waals surface area contributed by atoms with E-state index in [1.54, 1.807) is 10.8 Å². The molecule has 3 heteroatoms. The van der Waals surface area contributed by atoms with E-state index in [1.807, 2.05) is 67.6 Å². The SMILES string of the molecule is CC(=O)c1cn(-c2ccccc2)c(=O)c(Cc2ccccc2)c1C. The van der Waals surface area contributed by atoms with Crippen molar-refractivity contribution in [3.05, 3.63) is 99.5 Å². The molecular weight excluding hydrogens is 298 g/mol. The number of ketones is 1. The Balaban J connectivity index is 2.22. The predicted molar refractivity (Wildman–Crippen MR) is 96.0 cm³/mol. The zero-order valence-corrected chi connectivity index (χ0v) is 13.8. The summed E-state index contributed by atoms with van der Waals surface area (Å²) < 4.78 is 1.57. The van der Waals surface area contributed by atoms with Crippen LogP contribution >= 0.6 is 0 Å². The van der Waals surface area contributed by atoms with Crippen LogP contribution in [-0.4, -0.2) is 10.4 Å². The number of nitrogens with zero attached hydrogens (tertiary/aromatic N) is 1. The van der Waals surface area contributed by atoms with Gasteiger partial charge in [-0.25, -0.2) is 0 Å². The van der Waals surface area contributed by atoms with Gasteiger partial charge in [0.2, 0.25) is 0 Å².